The second kappa shape index (κ2) is 6.27. The fourth-order valence-electron chi connectivity index (χ4n) is 2.17. The van der Waals surface area contributed by atoms with E-state index >= 15 is 0 Å². The first-order valence-electron chi connectivity index (χ1n) is 7.09. The number of aliphatic hydroxyl groups excluding tert-OH is 1. The number of amides is 1. The van der Waals surface area contributed by atoms with E-state index in [1.165, 1.54) is 12.3 Å². The van der Waals surface area contributed by atoms with Crippen molar-refractivity contribution in [3.05, 3.63) is 45.5 Å². The number of aliphatic hydroxyl groups is 1. The Bertz CT molecular complexity index is 768. The number of nitrogens with one attached hydrogen (secondary N) is 2. The molecule has 2 rings (SSSR count). The zero-order valence-electron chi connectivity index (χ0n) is 12.7. The Morgan fingerprint density at radius 2 is 2.09 bits per heavy atom. The lowest BCUT2D eigenvalue weighted by molar-refractivity contribution is 0.0870. The third-order valence-electron chi connectivity index (χ3n) is 3.64. The predicted octanol–water partition coefficient (Wildman–Crippen LogP) is 1.72. The lowest BCUT2D eigenvalue weighted by Crippen LogP contribution is -2.36. The molecule has 1 unspecified atom stereocenters. The molecule has 0 saturated carbocycles. The van der Waals surface area contributed by atoms with Crippen molar-refractivity contribution in [1.29, 1.82) is 0 Å². The van der Waals surface area contributed by atoms with Gasteiger partial charge >= 0.3 is 0 Å². The number of aryl methyl sites for hydroxylation is 1. The van der Waals surface area contributed by atoms with Gasteiger partial charge in [0.05, 0.1) is 11.6 Å². The number of pyridine rings is 1. The Morgan fingerprint density at radius 1 is 1.41 bits per heavy atom. The standard InChI is InChI=1S/C16H19FN2O3/c1-8(2)13(20)7-19-16(22)12-6-18-14-9(3)4-10(17)5-11(14)15(12)21/h4-6,8,13,20H,7H2,1-3H3,(H,18,21)(H,19,22). The predicted molar refractivity (Wildman–Crippen MR) is 82.4 cm³/mol. The maximum atomic E-state index is 13.5. The van der Waals surface area contributed by atoms with Crippen molar-refractivity contribution in [1.82, 2.24) is 10.3 Å². The average Bonchev–Trinajstić information content (AvgIpc) is 2.45. The molecule has 118 valence electrons. The molecule has 0 aliphatic carbocycles. The van der Waals surface area contributed by atoms with Crippen LogP contribution in [-0.2, 0) is 0 Å². The quantitative estimate of drug-likeness (QED) is 0.804. The van der Waals surface area contributed by atoms with Gasteiger partial charge in [-0.05, 0) is 30.5 Å². The van der Waals surface area contributed by atoms with Crippen LogP contribution < -0.4 is 10.7 Å². The topological polar surface area (TPSA) is 82.2 Å². The van der Waals surface area contributed by atoms with E-state index in [0.29, 0.717) is 11.1 Å². The number of rotatable bonds is 4. The molecule has 22 heavy (non-hydrogen) atoms. The van der Waals surface area contributed by atoms with Crippen LogP contribution in [-0.4, -0.2) is 28.6 Å². The van der Waals surface area contributed by atoms with Gasteiger partial charge in [-0.2, -0.15) is 0 Å². The largest absolute Gasteiger partial charge is 0.391 e. The number of carbonyl (C=O) groups excluding carboxylic acids is 1. The van der Waals surface area contributed by atoms with Crippen molar-refractivity contribution >= 4 is 16.8 Å². The number of aromatic amines is 1. The summed E-state index contributed by atoms with van der Waals surface area (Å²) in [6.07, 6.45) is 0.621. The Kier molecular flexibility index (Phi) is 4.61. The van der Waals surface area contributed by atoms with Gasteiger partial charge in [-0.3, -0.25) is 9.59 Å². The molecule has 1 amide bonds. The molecule has 5 nitrogen and oxygen atoms in total. The fraction of sp³-hybridized carbons (Fsp3) is 0.375. The van der Waals surface area contributed by atoms with Gasteiger partial charge in [0.2, 0.25) is 5.43 Å². The van der Waals surface area contributed by atoms with Crippen LogP contribution in [0.3, 0.4) is 0 Å². The van der Waals surface area contributed by atoms with Gasteiger partial charge in [0.25, 0.3) is 5.91 Å². The minimum Gasteiger partial charge on any atom is -0.391 e. The summed E-state index contributed by atoms with van der Waals surface area (Å²) in [5.74, 6) is -1.13. The minimum absolute atomic E-state index is 0.00747. The molecule has 0 aliphatic heterocycles. The van der Waals surface area contributed by atoms with Crippen LogP contribution in [0.2, 0.25) is 0 Å². The van der Waals surface area contributed by atoms with Gasteiger partial charge in [0.15, 0.2) is 0 Å². The molecule has 1 atom stereocenters. The van der Waals surface area contributed by atoms with Gasteiger partial charge in [-0.15, -0.1) is 0 Å². The number of fused-ring (bicyclic) bond motifs is 1. The average molecular weight is 306 g/mol. The van der Waals surface area contributed by atoms with Crippen LogP contribution in [0, 0.1) is 18.7 Å². The summed E-state index contributed by atoms with van der Waals surface area (Å²) in [4.78, 5) is 27.3. The lowest BCUT2D eigenvalue weighted by atomic mass is 10.1. The molecule has 0 bridgehead atoms. The molecule has 1 aromatic carbocycles. The van der Waals surface area contributed by atoms with Crippen LogP contribution in [0.15, 0.2) is 23.1 Å². The summed E-state index contributed by atoms with van der Waals surface area (Å²) >= 11 is 0. The number of hydrogen-bond acceptors (Lipinski definition) is 3. The monoisotopic (exact) mass is 306 g/mol. The van der Waals surface area contributed by atoms with Crippen LogP contribution in [0.25, 0.3) is 10.9 Å². The van der Waals surface area contributed by atoms with Crippen molar-refractivity contribution in [3.63, 3.8) is 0 Å². The van der Waals surface area contributed by atoms with E-state index in [9.17, 15) is 19.1 Å². The van der Waals surface area contributed by atoms with E-state index in [1.807, 2.05) is 13.8 Å². The normalized spacial score (nSPS) is 12.6. The van der Waals surface area contributed by atoms with Crippen molar-refractivity contribution < 1.29 is 14.3 Å². The fourth-order valence-corrected chi connectivity index (χ4v) is 2.17. The van der Waals surface area contributed by atoms with Gasteiger partial charge < -0.3 is 15.4 Å². The molecule has 1 aromatic heterocycles. The smallest absolute Gasteiger partial charge is 0.256 e. The minimum atomic E-state index is -0.692. The highest BCUT2D eigenvalue weighted by molar-refractivity contribution is 5.97. The van der Waals surface area contributed by atoms with Crippen molar-refractivity contribution in [2.45, 2.75) is 26.9 Å². The first-order valence-corrected chi connectivity index (χ1v) is 7.09. The summed E-state index contributed by atoms with van der Waals surface area (Å²) in [5.41, 5.74) is 0.459. The zero-order valence-corrected chi connectivity index (χ0v) is 12.7. The van der Waals surface area contributed by atoms with Crippen LogP contribution in [0.1, 0.15) is 29.8 Å². The van der Waals surface area contributed by atoms with E-state index in [0.717, 1.165) is 6.07 Å². The van der Waals surface area contributed by atoms with Crippen LogP contribution in [0.5, 0.6) is 0 Å². The number of aromatic nitrogens is 1. The van der Waals surface area contributed by atoms with E-state index in [2.05, 4.69) is 10.3 Å². The van der Waals surface area contributed by atoms with Gasteiger partial charge in [-0.1, -0.05) is 13.8 Å². The van der Waals surface area contributed by atoms with Gasteiger partial charge in [-0.25, -0.2) is 4.39 Å². The highest BCUT2D eigenvalue weighted by atomic mass is 19.1. The second-order valence-corrected chi connectivity index (χ2v) is 5.70. The first kappa shape index (κ1) is 16.2. The van der Waals surface area contributed by atoms with Crippen molar-refractivity contribution in [3.8, 4) is 0 Å². The summed E-state index contributed by atoms with van der Waals surface area (Å²) in [6, 6.07) is 2.43. The van der Waals surface area contributed by atoms with Crippen LogP contribution >= 0.6 is 0 Å². The van der Waals surface area contributed by atoms with Gasteiger partial charge in [0, 0.05) is 18.1 Å². The summed E-state index contributed by atoms with van der Waals surface area (Å²) in [5, 5.41) is 12.3. The van der Waals surface area contributed by atoms with E-state index < -0.39 is 23.3 Å². The molecule has 0 spiro atoms. The zero-order chi connectivity index (χ0) is 16.4. The Hall–Kier alpha value is -2.21. The van der Waals surface area contributed by atoms with Crippen molar-refractivity contribution in [2.24, 2.45) is 5.92 Å². The number of H-pyrrole nitrogens is 1. The summed E-state index contributed by atoms with van der Waals surface area (Å²) < 4.78 is 13.5. The SMILES string of the molecule is Cc1cc(F)cc2c(=O)c(C(=O)NCC(O)C(C)C)c[nH]c12. The number of halogens is 1. The third kappa shape index (κ3) is 3.17. The number of benzene rings is 1. The van der Waals surface area contributed by atoms with Gasteiger partial charge in [0.1, 0.15) is 11.4 Å². The Balaban J connectivity index is 2.35. The number of hydrogen-bond donors (Lipinski definition) is 3. The first-order chi connectivity index (χ1) is 10.3. The summed E-state index contributed by atoms with van der Waals surface area (Å²) in [7, 11) is 0. The Labute approximate surface area is 127 Å². The summed E-state index contributed by atoms with van der Waals surface area (Å²) in [6.45, 7) is 5.38. The molecule has 0 aliphatic rings. The third-order valence-corrected chi connectivity index (χ3v) is 3.64. The maximum Gasteiger partial charge on any atom is 0.256 e. The highest BCUT2D eigenvalue weighted by Gasteiger charge is 2.16. The molecular weight excluding hydrogens is 287 g/mol. The van der Waals surface area contributed by atoms with E-state index in [4.69, 9.17) is 0 Å². The molecule has 0 saturated heterocycles. The highest BCUT2D eigenvalue weighted by Crippen LogP contribution is 2.15. The molecule has 0 fully saturated rings. The molecular formula is C16H19FN2O3. The molecule has 3 N–H and O–H groups in total. The second-order valence-electron chi connectivity index (χ2n) is 5.70. The van der Waals surface area contributed by atoms with Crippen molar-refractivity contribution in [2.75, 3.05) is 6.54 Å². The van der Waals surface area contributed by atoms with Crippen LogP contribution in [0.4, 0.5) is 4.39 Å². The molecule has 1 heterocycles. The van der Waals surface area contributed by atoms with E-state index in [-0.39, 0.29) is 23.4 Å². The number of carbonyl (C=O) groups is 1. The lowest BCUT2D eigenvalue weighted by Gasteiger charge is -2.15. The molecule has 6 heteroatoms. The molecule has 0 radical (unpaired) electrons. The Morgan fingerprint density at radius 3 is 2.73 bits per heavy atom. The maximum absolute atomic E-state index is 13.5. The molecule has 2 aromatic rings. The van der Waals surface area contributed by atoms with E-state index in [1.54, 1.807) is 6.92 Å².